The van der Waals surface area contributed by atoms with Crippen LogP contribution in [0.1, 0.15) is 16.2 Å². The highest BCUT2D eigenvalue weighted by Gasteiger charge is 2.14. The van der Waals surface area contributed by atoms with Crippen LogP contribution in [0.3, 0.4) is 0 Å². The molecule has 2 rings (SSSR count). The molecule has 19 heavy (non-hydrogen) atoms. The van der Waals surface area contributed by atoms with E-state index in [4.69, 9.17) is 11.6 Å². The van der Waals surface area contributed by atoms with Gasteiger partial charge in [-0.25, -0.2) is 9.37 Å². The summed E-state index contributed by atoms with van der Waals surface area (Å²) in [7, 11) is 0. The number of amides is 1. The van der Waals surface area contributed by atoms with Crippen LogP contribution in [0, 0.1) is 12.7 Å². The molecule has 0 bridgehead atoms. The standard InChI is InChI=1S/C13H13ClFN3O/c1-9-16-5-7-18(9)8-6-17-13(19)12-10(14)3-2-4-11(12)15/h2-5,7H,6,8H2,1H3,(H,17,19). The molecular formula is C13H13ClFN3O. The summed E-state index contributed by atoms with van der Waals surface area (Å²) in [5.41, 5.74) is -0.119. The highest BCUT2D eigenvalue weighted by atomic mass is 35.5. The van der Waals surface area contributed by atoms with E-state index in [0.29, 0.717) is 13.1 Å². The van der Waals surface area contributed by atoms with E-state index in [9.17, 15) is 9.18 Å². The second kappa shape index (κ2) is 5.84. The molecule has 0 aliphatic carbocycles. The number of halogens is 2. The van der Waals surface area contributed by atoms with E-state index in [0.717, 1.165) is 5.82 Å². The van der Waals surface area contributed by atoms with Crippen molar-refractivity contribution in [3.05, 3.63) is 52.8 Å². The predicted octanol–water partition coefficient (Wildman–Crippen LogP) is 2.41. The van der Waals surface area contributed by atoms with Crippen LogP contribution < -0.4 is 5.32 Å². The van der Waals surface area contributed by atoms with Crippen LogP contribution in [0.4, 0.5) is 4.39 Å². The summed E-state index contributed by atoms with van der Waals surface area (Å²) in [6.07, 6.45) is 3.50. The van der Waals surface area contributed by atoms with Gasteiger partial charge in [0, 0.05) is 25.5 Å². The van der Waals surface area contributed by atoms with Gasteiger partial charge in [0.05, 0.1) is 10.6 Å². The first-order valence-electron chi connectivity index (χ1n) is 5.79. The van der Waals surface area contributed by atoms with Gasteiger partial charge in [-0.1, -0.05) is 17.7 Å². The van der Waals surface area contributed by atoms with Crippen LogP contribution in [0.25, 0.3) is 0 Å². The van der Waals surface area contributed by atoms with Gasteiger partial charge in [0.2, 0.25) is 0 Å². The number of carbonyl (C=O) groups is 1. The second-order valence-corrected chi connectivity index (χ2v) is 4.43. The predicted molar refractivity (Wildman–Crippen MR) is 70.7 cm³/mol. The van der Waals surface area contributed by atoms with Crippen molar-refractivity contribution in [3.63, 3.8) is 0 Å². The maximum Gasteiger partial charge on any atom is 0.255 e. The van der Waals surface area contributed by atoms with E-state index >= 15 is 0 Å². The molecule has 0 aliphatic heterocycles. The molecule has 0 spiro atoms. The minimum atomic E-state index is -0.621. The molecule has 100 valence electrons. The molecule has 2 aromatic rings. The van der Waals surface area contributed by atoms with E-state index in [1.165, 1.54) is 18.2 Å². The first-order chi connectivity index (χ1) is 9.09. The molecule has 4 nitrogen and oxygen atoms in total. The van der Waals surface area contributed by atoms with Crippen LogP contribution >= 0.6 is 11.6 Å². The maximum absolute atomic E-state index is 13.5. The zero-order valence-electron chi connectivity index (χ0n) is 10.4. The number of carbonyl (C=O) groups excluding carboxylic acids is 1. The van der Waals surface area contributed by atoms with Gasteiger partial charge in [0.15, 0.2) is 0 Å². The van der Waals surface area contributed by atoms with Crippen LogP contribution in [-0.2, 0) is 6.54 Å². The fourth-order valence-electron chi connectivity index (χ4n) is 1.73. The van der Waals surface area contributed by atoms with E-state index in [1.807, 2.05) is 17.7 Å². The molecule has 1 aromatic carbocycles. The lowest BCUT2D eigenvalue weighted by Crippen LogP contribution is -2.28. The number of aryl methyl sites for hydroxylation is 1. The largest absolute Gasteiger partial charge is 0.350 e. The molecule has 0 fully saturated rings. The third-order valence-electron chi connectivity index (χ3n) is 2.75. The smallest absolute Gasteiger partial charge is 0.255 e. The SMILES string of the molecule is Cc1nccn1CCNC(=O)c1c(F)cccc1Cl. The first kappa shape index (κ1) is 13.5. The number of rotatable bonds is 4. The lowest BCUT2D eigenvalue weighted by molar-refractivity contribution is 0.0948. The Hall–Kier alpha value is -1.88. The topological polar surface area (TPSA) is 46.9 Å². The molecule has 0 saturated heterocycles. The van der Waals surface area contributed by atoms with Crippen LogP contribution in [-0.4, -0.2) is 22.0 Å². The molecule has 1 heterocycles. The number of benzene rings is 1. The summed E-state index contributed by atoms with van der Waals surface area (Å²) in [6, 6.07) is 4.16. The fraction of sp³-hybridized carbons (Fsp3) is 0.231. The number of aromatic nitrogens is 2. The molecule has 1 N–H and O–H groups in total. The van der Waals surface area contributed by atoms with Gasteiger partial charge in [-0.05, 0) is 19.1 Å². The zero-order chi connectivity index (χ0) is 13.8. The number of hydrogen-bond acceptors (Lipinski definition) is 2. The van der Waals surface area contributed by atoms with Crippen molar-refractivity contribution in [2.45, 2.75) is 13.5 Å². The minimum Gasteiger partial charge on any atom is -0.350 e. The maximum atomic E-state index is 13.5. The third kappa shape index (κ3) is 3.12. The van der Waals surface area contributed by atoms with Gasteiger partial charge >= 0.3 is 0 Å². The highest BCUT2D eigenvalue weighted by Crippen LogP contribution is 2.18. The summed E-state index contributed by atoms with van der Waals surface area (Å²) in [4.78, 5) is 15.9. The molecule has 0 radical (unpaired) electrons. The fourth-order valence-corrected chi connectivity index (χ4v) is 1.98. The molecule has 0 atom stereocenters. The molecule has 1 aromatic heterocycles. The number of nitrogens with zero attached hydrogens (tertiary/aromatic N) is 2. The summed E-state index contributed by atoms with van der Waals surface area (Å²) in [5, 5.41) is 2.74. The second-order valence-electron chi connectivity index (χ2n) is 4.02. The van der Waals surface area contributed by atoms with Crippen molar-refractivity contribution in [2.75, 3.05) is 6.54 Å². The Kier molecular flexibility index (Phi) is 4.16. The average molecular weight is 282 g/mol. The molecule has 0 saturated carbocycles. The van der Waals surface area contributed by atoms with Gasteiger partial charge in [-0.2, -0.15) is 0 Å². The lowest BCUT2D eigenvalue weighted by Gasteiger charge is -2.09. The zero-order valence-corrected chi connectivity index (χ0v) is 11.1. The quantitative estimate of drug-likeness (QED) is 0.935. The van der Waals surface area contributed by atoms with Gasteiger partial charge in [-0.3, -0.25) is 4.79 Å². The Morgan fingerprint density at radius 3 is 2.95 bits per heavy atom. The Labute approximate surface area is 115 Å². The van der Waals surface area contributed by atoms with Gasteiger partial charge in [-0.15, -0.1) is 0 Å². The van der Waals surface area contributed by atoms with Crippen molar-refractivity contribution in [3.8, 4) is 0 Å². The molecule has 0 unspecified atom stereocenters. The monoisotopic (exact) mass is 281 g/mol. The van der Waals surface area contributed by atoms with Crippen molar-refractivity contribution >= 4 is 17.5 Å². The van der Waals surface area contributed by atoms with Gasteiger partial charge < -0.3 is 9.88 Å². The number of nitrogens with one attached hydrogen (secondary N) is 1. The Balaban J connectivity index is 1.97. The van der Waals surface area contributed by atoms with Crippen molar-refractivity contribution in [1.82, 2.24) is 14.9 Å². The summed E-state index contributed by atoms with van der Waals surface area (Å²) >= 11 is 5.81. The average Bonchev–Trinajstić information content (AvgIpc) is 2.75. The minimum absolute atomic E-state index is 0.108. The number of imidazole rings is 1. The Morgan fingerprint density at radius 1 is 1.53 bits per heavy atom. The van der Waals surface area contributed by atoms with E-state index in [2.05, 4.69) is 10.3 Å². The summed E-state index contributed by atoms with van der Waals surface area (Å²) in [6.45, 7) is 2.82. The van der Waals surface area contributed by atoms with Gasteiger partial charge in [0.25, 0.3) is 5.91 Å². The van der Waals surface area contributed by atoms with Gasteiger partial charge in [0.1, 0.15) is 11.6 Å². The Bertz CT molecular complexity index is 577. The van der Waals surface area contributed by atoms with E-state index in [-0.39, 0.29) is 10.6 Å². The van der Waals surface area contributed by atoms with Crippen molar-refractivity contribution in [2.24, 2.45) is 0 Å². The van der Waals surface area contributed by atoms with Crippen molar-refractivity contribution in [1.29, 1.82) is 0 Å². The van der Waals surface area contributed by atoms with Crippen molar-refractivity contribution < 1.29 is 9.18 Å². The summed E-state index contributed by atoms with van der Waals surface area (Å²) < 4.78 is 15.4. The lowest BCUT2D eigenvalue weighted by atomic mass is 10.2. The van der Waals surface area contributed by atoms with Crippen LogP contribution in [0.5, 0.6) is 0 Å². The molecule has 0 aliphatic rings. The van der Waals surface area contributed by atoms with E-state index in [1.54, 1.807) is 6.20 Å². The van der Waals surface area contributed by atoms with E-state index < -0.39 is 11.7 Å². The molecule has 1 amide bonds. The van der Waals surface area contributed by atoms with Crippen LogP contribution in [0.15, 0.2) is 30.6 Å². The van der Waals surface area contributed by atoms with Crippen LogP contribution in [0.2, 0.25) is 5.02 Å². The normalized spacial score (nSPS) is 10.5. The summed E-state index contributed by atoms with van der Waals surface area (Å²) in [5.74, 6) is -0.275. The highest BCUT2D eigenvalue weighted by molar-refractivity contribution is 6.33. The molecular weight excluding hydrogens is 269 g/mol. The number of hydrogen-bond donors (Lipinski definition) is 1. The third-order valence-corrected chi connectivity index (χ3v) is 3.07. The first-order valence-corrected chi connectivity index (χ1v) is 6.17. The molecule has 6 heteroatoms. The Morgan fingerprint density at radius 2 is 2.32 bits per heavy atom.